The number of anilines is 5. The van der Waals surface area contributed by atoms with E-state index in [-0.39, 0.29) is 11.1 Å². The third-order valence-electron chi connectivity index (χ3n) is 10.8. The molecule has 14 nitrogen and oxygen atoms in total. The predicted molar refractivity (Wildman–Crippen MR) is 275 cm³/mol. The monoisotopic (exact) mass is 928 g/mol. The molecule has 0 bridgehead atoms. The van der Waals surface area contributed by atoms with Gasteiger partial charge in [0.1, 0.15) is 23.1 Å². The van der Waals surface area contributed by atoms with E-state index in [4.69, 9.17) is 64.3 Å². The lowest BCUT2D eigenvalue weighted by atomic mass is 9.91. The molecular formula is C54H45ClN12O2. The Bertz CT molecular complexity index is 3420. The van der Waals surface area contributed by atoms with Crippen molar-refractivity contribution in [2.24, 2.45) is 0 Å². The first kappa shape index (κ1) is 49.0. The van der Waals surface area contributed by atoms with Gasteiger partial charge in [0.15, 0.2) is 0 Å². The highest BCUT2D eigenvalue weighted by Gasteiger charge is 2.20. The summed E-state index contributed by atoms with van der Waals surface area (Å²) in [5, 5.41) is 39.5. The number of nitrogens with one attached hydrogen (secondary N) is 1. The second kappa shape index (κ2) is 22.1. The van der Waals surface area contributed by atoms with Gasteiger partial charge in [-0.05, 0) is 169 Å². The van der Waals surface area contributed by atoms with Crippen LogP contribution in [-0.2, 0) is 0 Å². The highest BCUT2D eigenvalue weighted by atomic mass is 35.5. The smallest absolute Gasteiger partial charge is 0.229 e. The van der Waals surface area contributed by atoms with Gasteiger partial charge in [-0.25, -0.2) is 15.0 Å². The third-order valence-corrected chi connectivity index (χ3v) is 10.9. The number of hydrogen-bond acceptors (Lipinski definition) is 14. The molecule has 0 spiro atoms. The molecule has 0 radical (unpaired) electrons. The molecule has 0 aliphatic rings. The van der Waals surface area contributed by atoms with Crippen LogP contribution in [0.2, 0.25) is 5.28 Å². The van der Waals surface area contributed by atoms with E-state index in [2.05, 4.69) is 26.3 Å². The second-order valence-corrected chi connectivity index (χ2v) is 15.8. The molecule has 0 unspecified atom stereocenters. The number of ether oxygens (including phenoxy) is 2. The lowest BCUT2D eigenvalue weighted by Crippen LogP contribution is -2.04. The van der Waals surface area contributed by atoms with E-state index in [0.717, 1.165) is 61.3 Å². The molecule has 6 aromatic carbocycles. The van der Waals surface area contributed by atoms with Crippen LogP contribution in [0.5, 0.6) is 11.5 Å². The van der Waals surface area contributed by atoms with Gasteiger partial charge in [-0.1, -0.05) is 24.3 Å². The molecule has 8 aromatic rings. The summed E-state index contributed by atoms with van der Waals surface area (Å²) < 4.78 is 11.0. The highest BCUT2D eigenvalue weighted by Crippen LogP contribution is 2.41. The van der Waals surface area contributed by atoms with E-state index in [1.54, 1.807) is 74.9 Å². The van der Waals surface area contributed by atoms with Crippen molar-refractivity contribution in [3.05, 3.63) is 159 Å². The average molecular weight is 929 g/mol. The zero-order chi connectivity index (χ0) is 49.8. The number of hydrogen-bond donors (Lipinski definition) is 4. The number of rotatable bonds is 8. The molecule has 15 heteroatoms. The number of nitrogens with zero attached hydrogens (tertiary/aromatic N) is 8. The summed E-state index contributed by atoms with van der Waals surface area (Å²) in [6.45, 7) is 8.10. The maximum atomic E-state index is 9.02. The molecule has 0 atom stereocenters. The Morgan fingerprint density at radius 3 is 1.39 bits per heavy atom. The van der Waals surface area contributed by atoms with Crippen molar-refractivity contribution in [2.45, 2.75) is 27.7 Å². The molecule has 0 saturated heterocycles. The van der Waals surface area contributed by atoms with Crippen molar-refractivity contribution >= 4 is 74.5 Å². The minimum atomic E-state index is 0.0911. The van der Waals surface area contributed by atoms with Gasteiger partial charge in [-0.2, -0.15) is 26.0 Å². The van der Waals surface area contributed by atoms with Crippen molar-refractivity contribution in [3.63, 3.8) is 0 Å². The Morgan fingerprint density at radius 1 is 0.551 bits per heavy atom. The van der Waals surface area contributed by atoms with Gasteiger partial charge in [0, 0.05) is 34.7 Å². The zero-order valence-electron chi connectivity index (χ0n) is 38.6. The van der Waals surface area contributed by atoms with Gasteiger partial charge in [0.05, 0.1) is 71.4 Å². The van der Waals surface area contributed by atoms with E-state index in [1.807, 2.05) is 94.4 Å². The summed E-state index contributed by atoms with van der Waals surface area (Å²) in [5.41, 5.74) is 31.8. The number of halogens is 1. The van der Waals surface area contributed by atoms with Gasteiger partial charge in [0.2, 0.25) is 11.2 Å². The van der Waals surface area contributed by atoms with Crippen LogP contribution in [0.1, 0.15) is 44.5 Å². The molecule has 340 valence electrons. The van der Waals surface area contributed by atoms with Crippen molar-refractivity contribution in [1.82, 2.24) is 19.9 Å². The van der Waals surface area contributed by atoms with Crippen LogP contribution < -0.4 is 32.0 Å². The maximum absolute atomic E-state index is 9.02. The standard InChI is InChI=1S/C27H22N6O.C20H17ClN4O.C7H6N2/c1-16-13-19(5-4-12-28)14-17(2)23(16)21-10-11-22(34-3)24-25(21)32-27(33-26(24)30)31-20-8-6-18(15-29)7-9-20;1-11-9-13(5-4-8-22)10-12(2)16(11)14-6-7-15(26-3)17-18(14)24-20(21)25-19(17)23;8-5-6-1-3-7(9)4-2-6/h4-11,13-14H,1-3H3,(H3,30,31,32,33);4-7,9-10H,1-3H3,(H2,23,24,25);1-4H,9H2/b2*5-4+;. The molecule has 69 heavy (non-hydrogen) atoms. The summed E-state index contributed by atoms with van der Waals surface area (Å²) in [6.07, 6.45) is 6.50. The summed E-state index contributed by atoms with van der Waals surface area (Å²) >= 11 is 6.06. The van der Waals surface area contributed by atoms with Gasteiger partial charge >= 0.3 is 0 Å². The van der Waals surface area contributed by atoms with Crippen LogP contribution in [0, 0.1) is 73.0 Å². The van der Waals surface area contributed by atoms with Gasteiger partial charge in [0.25, 0.3) is 0 Å². The van der Waals surface area contributed by atoms with E-state index in [9.17, 15) is 0 Å². The summed E-state index contributed by atoms with van der Waals surface area (Å²) in [4.78, 5) is 17.7. The lowest BCUT2D eigenvalue weighted by molar-refractivity contribution is 0.419. The van der Waals surface area contributed by atoms with E-state index >= 15 is 0 Å². The molecule has 0 amide bonds. The Labute approximate surface area is 404 Å². The SMILES string of the molecule is COc1ccc(-c2c(C)cc(/C=C/C#N)cc2C)c2nc(Cl)nc(N)c12.COc1ccc(-c2c(C)cc(/C=C/C#N)cc2C)c2nc(Nc3ccc(C#N)cc3)nc(N)c12.N#Cc1ccc(N)cc1. The minimum Gasteiger partial charge on any atom is -0.496 e. The Morgan fingerprint density at radius 2 is 0.971 bits per heavy atom. The molecule has 7 N–H and O–H groups in total. The van der Waals surface area contributed by atoms with E-state index in [1.165, 1.54) is 12.2 Å². The maximum Gasteiger partial charge on any atom is 0.229 e. The number of aromatic nitrogens is 4. The normalized spacial score (nSPS) is 10.5. The minimum absolute atomic E-state index is 0.0911. The first-order chi connectivity index (χ1) is 33.2. The van der Waals surface area contributed by atoms with E-state index < -0.39 is 0 Å². The molecule has 2 heterocycles. The molecule has 8 rings (SSSR count). The number of nitrogens with two attached hydrogens (primary N) is 3. The number of nitrogen functional groups attached to an aromatic ring is 3. The van der Waals surface area contributed by atoms with Crippen LogP contribution in [-0.4, -0.2) is 34.2 Å². The van der Waals surface area contributed by atoms with Crippen LogP contribution in [0.4, 0.5) is 29.0 Å². The van der Waals surface area contributed by atoms with Gasteiger partial charge in [-0.3, -0.25) is 0 Å². The average Bonchev–Trinajstić information content (AvgIpc) is 3.33. The van der Waals surface area contributed by atoms with Gasteiger partial charge < -0.3 is 32.0 Å². The van der Waals surface area contributed by atoms with Crippen LogP contribution >= 0.6 is 11.6 Å². The number of methoxy groups -OCH3 is 2. The van der Waals surface area contributed by atoms with Crippen molar-refractivity contribution in [1.29, 1.82) is 21.0 Å². The fourth-order valence-electron chi connectivity index (χ4n) is 7.86. The van der Waals surface area contributed by atoms with Crippen LogP contribution in [0.3, 0.4) is 0 Å². The molecule has 0 fully saturated rings. The molecule has 0 saturated carbocycles. The topological polar surface area (TPSA) is 255 Å². The van der Waals surface area contributed by atoms with E-state index in [0.29, 0.717) is 61.9 Å². The van der Waals surface area contributed by atoms with Crippen LogP contribution in [0.15, 0.2) is 109 Å². The zero-order valence-corrected chi connectivity index (χ0v) is 39.3. The second-order valence-electron chi connectivity index (χ2n) is 15.4. The van der Waals surface area contributed by atoms with Gasteiger partial charge in [-0.15, -0.1) is 0 Å². The summed E-state index contributed by atoms with van der Waals surface area (Å²) in [6, 6.07) is 37.7. The molecule has 2 aromatic heterocycles. The molecule has 0 aliphatic carbocycles. The lowest BCUT2D eigenvalue weighted by Gasteiger charge is -2.17. The summed E-state index contributed by atoms with van der Waals surface area (Å²) in [5.74, 6) is 2.10. The largest absolute Gasteiger partial charge is 0.496 e. The number of fused-ring (bicyclic) bond motifs is 2. The number of nitriles is 4. The Hall–Kier alpha value is -9.47. The molecule has 0 aliphatic heterocycles. The Kier molecular flexibility index (Phi) is 15.7. The highest BCUT2D eigenvalue weighted by molar-refractivity contribution is 6.29. The third kappa shape index (κ3) is 11.3. The van der Waals surface area contributed by atoms with Crippen molar-refractivity contribution in [2.75, 3.05) is 36.7 Å². The Balaban J connectivity index is 0.000000196. The fourth-order valence-corrected chi connectivity index (χ4v) is 8.04. The molecular weight excluding hydrogens is 884 g/mol. The first-order valence-electron chi connectivity index (χ1n) is 21.1. The van der Waals surface area contributed by atoms with Crippen molar-refractivity contribution < 1.29 is 9.47 Å². The van der Waals surface area contributed by atoms with Crippen LogP contribution in [0.25, 0.3) is 56.2 Å². The summed E-state index contributed by atoms with van der Waals surface area (Å²) in [7, 11) is 3.17. The number of aryl methyl sites for hydroxylation is 4. The van der Waals surface area contributed by atoms with Crippen molar-refractivity contribution in [3.8, 4) is 58.0 Å². The number of allylic oxidation sites excluding steroid dienone is 2. The fraction of sp³-hybridized carbons (Fsp3) is 0.111. The predicted octanol–water partition coefficient (Wildman–Crippen LogP) is 11.5. The number of benzene rings is 6. The first-order valence-corrected chi connectivity index (χ1v) is 21.4. The quantitative estimate of drug-likeness (QED) is 0.0628.